The number of alkyl halides is 1. The highest BCUT2D eigenvalue weighted by Crippen LogP contribution is 2.55. The van der Waals surface area contributed by atoms with E-state index < -0.39 is 29.5 Å². The summed E-state index contributed by atoms with van der Waals surface area (Å²) in [7, 11) is 0. The van der Waals surface area contributed by atoms with Crippen molar-refractivity contribution in [2.24, 2.45) is 29.4 Å². The van der Waals surface area contributed by atoms with Crippen LogP contribution in [-0.4, -0.2) is 87.0 Å². The largest absolute Gasteiger partial charge is 0.391 e. The number of carbonyl (C=O) groups excluding carboxylic acids is 2. The first kappa shape index (κ1) is 30.0. The maximum absolute atomic E-state index is 14.0. The number of nitrogens with one attached hydrogen (secondary N) is 1. The average Bonchev–Trinajstić information content (AvgIpc) is 2.87. The highest BCUT2D eigenvalue weighted by molar-refractivity contribution is 6.32. The van der Waals surface area contributed by atoms with Gasteiger partial charge in [-0.3, -0.25) is 14.5 Å². The molecule has 0 radical (unpaired) electrons. The van der Waals surface area contributed by atoms with E-state index in [9.17, 15) is 24.2 Å². The summed E-state index contributed by atoms with van der Waals surface area (Å²) in [6, 6.07) is -0.550. The maximum atomic E-state index is 14.0. The zero-order valence-corrected chi connectivity index (χ0v) is 24.7. The second kappa shape index (κ2) is 11.3. The van der Waals surface area contributed by atoms with Crippen LogP contribution in [0.5, 0.6) is 0 Å². The van der Waals surface area contributed by atoms with Crippen molar-refractivity contribution in [3.63, 3.8) is 0 Å². The van der Waals surface area contributed by atoms with E-state index in [0.29, 0.717) is 41.4 Å². The minimum Gasteiger partial charge on any atom is -0.391 e. The Labute approximate surface area is 242 Å². The Bertz CT molecular complexity index is 1050. The van der Waals surface area contributed by atoms with E-state index in [1.54, 1.807) is 11.0 Å². The third-order valence-corrected chi connectivity index (χ3v) is 10.6. The Morgan fingerprint density at radius 3 is 2.58 bits per heavy atom. The Balaban J connectivity index is 1.16. The molecule has 6 aliphatic rings. The van der Waals surface area contributed by atoms with Gasteiger partial charge in [-0.05, 0) is 82.6 Å². The molecule has 3 unspecified atom stereocenters. The lowest BCUT2D eigenvalue weighted by Crippen LogP contribution is -2.64. The van der Waals surface area contributed by atoms with Crippen molar-refractivity contribution in [1.29, 1.82) is 0 Å². The monoisotopic (exact) mass is 580 g/mol. The third kappa shape index (κ3) is 6.00. The fourth-order valence-electron chi connectivity index (χ4n) is 8.23. The predicted octanol–water partition coefficient (Wildman–Crippen LogP) is 2.82. The molecule has 1 aliphatic heterocycles. The van der Waals surface area contributed by atoms with Crippen LogP contribution < -0.4 is 11.1 Å². The quantitative estimate of drug-likeness (QED) is 0.333. The predicted molar refractivity (Wildman–Crippen MR) is 152 cm³/mol. The average molecular weight is 581 g/mol. The number of nitrogens with two attached hydrogens (primary N) is 1. The van der Waals surface area contributed by atoms with Gasteiger partial charge < -0.3 is 26.2 Å². The molecule has 10 heteroatoms. The Hall–Kier alpha value is -1.52. The second-order valence-electron chi connectivity index (χ2n) is 13.8. The molecule has 8 nitrogen and oxygen atoms in total. The van der Waals surface area contributed by atoms with Crippen LogP contribution in [0.3, 0.4) is 0 Å². The van der Waals surface area contributed by atoms with Gasteiger partial charge in [-0.15, -0.1) is 0 Å². The summed E-state index contributed by atoms with van der Waals surface area (Å²) in [5.74, 6) is 0.624. The van der Waals surface area contributed by atoms with Gasteiger partial charge >= 0.3 is 0 Å². The van der Waals surface area contributed by atoms with Crippen LogP contribution in [0.2, 0.25) is 0 Å². The Morgan fingerprint density at radius 1 is 1.27 bits per heavy atom. The number of piperazine rings is 1. The lowest BCUT2D eigenvalue weighted by atomic mass is 9.52. The number of hydrogen-bond acceptors (Lipinski definition) is 6. The van der Waals surface area contributed by atoms with Crippen molar-refractivity contribution in [1.82, 2.24) is 15.1 Å². The van der Waals surface area contributed by atoms with E-state index in [0.717, 1.165) is 32.1 Å². The number of allylic oxidation sites excluding steroid dienone is 3. The molecule has 6 atom stereocenters. The first-order valence-electron chi connectivity index (χ1n) is 15.0. The summed E-state index contributed by atoms with van der Waals surface area (Å²) >= 11 is 6.31. The van der Waals surface area contributed by atoms with Crippen molar-refractivity contribution < 1.29 is 24.2 Å². The van der Waals surface area contributed by atoms with Crippen LogP contribution in [-0.2, 0) is 9.59 Å². The number of aliphatic hydroxyl groups is 2. The molecule has 5 aliphatic carbocycles. The van der Waals surface area contributed by atoms with Crippen LogP contribution in [0.25, 0.3) is 0 Å². The molecule has 1 saturated heterocycles. The van der Waals surface area contributed by atoms with Crippen molar-refractivity contribution in [2.45, 2.75) is 108 Å². The number of halogens is 2. The topological polar surface area (TPSA) is 119 Å². The first-order chi connectivity index (χ1) is 18.8. The zero-order chi connectivity index (χ0) is 29.0. The highest BCUT2D eigenvalue weighted by Gasteiger charge is 2.55. The summed E-state index contributed by atoms with van der Waals surface area (Å²) in [6.45, 7) is 6.60. The van der Waals surface area contributed by atoms with Gasteiger partial charge in [0.25, 0.3) is 0 Å². The molecule has 40 heavy (non-hydrogen) atoms. The molecule has 0 spiro atoms. The number of nitrogens with zero attached hydrogens (tertiary/aromatic N) is 2. The molecule has 2 amide bonds. The van der Waals surface area contributed by atoms with Crippen molar-refractivity contribution in [3.05, 3.63) is 22.9 Å². The molecule has 0 aromatic carbocycles. The van der Waals surface area contributed by atoms with Gasteiger partial charge in [-0.25, -0.2) is 4.39 Å². The van der Waals surface area contributed by atoms with Gasteiger partial charge in [-0.2, -0.15) is 0 Å². The molecular formula is C30H46ClFN4O4. The summed E-state index contributed by atoms with van der Waals surface area (Å²) < 4.78 is 14.0. The SMILES string of the molecule is CC[C@H](C[C@H](O)[C@@H](N)CN1CC(=O)N(C2=CC(F)CC=C2Cl)CC1(C)C)C(=O)NC1C2CC3CC1CC(O)(C3)C2. The van der Waals surface area contributed by atoms with Gasteiger partial charge in [0.2, 0.25) is 11.8 Å². The Morgan fingerprint density at radius 2 is 1.95 bits per heavy atom. The number of carbonyl (C=O) groups is 2. The van der Waals surface area contributed by atoms with Crippen molar-refractivity contribution in [2.75, 3.05) is 19.6 Å². The lowest BCUT2D eigenvalue weighted by molar-refractivity contribution is -0.148. The van der Waals surface area contributed by atoms with E-state index in [-0.39, 0.29) is 49.7 Å². The van der Waals surface area contributed by atoms with E-state index in [4.69, 9.17) is 17.3 Å². The molecule has 4 bridgehead atoms. The van der Waals surface area contributed by atoms with Crippen LogP contribution in [0.4, 0.5) is 4.39 Å². The summed E-state index contributed by atoms with van der Waals surface area (Å²) in [5.41, 5.74) is 5.84. The normalized spacial score (nSPS) is 37.5. The van der Waals surface area contributed by atoms with Gasteiger partial charge in [0.1, 0.15) is 6.17 Å². The molecule has 5 fully saturated rings. The van der Waals surface area contributed by atoms with Gasteiger partial charge in [0, 0.05) is 43.1 Å². The number of hydrogen-bond donors (Lipinski definition) is 4. The Kier molecular flexibility index (Phi) is 8.45. The van der Waals surface area contributed by atoms with E-state index in [1.165, 1.54) is 6.08 Å². The molecule has 6 rings (SSSR count). The fraction of sp³-hybridized carbons (Fsp3) is 0.800. The van der Waals surface area contributed by atoms with Gasteiger partial charge in [0.15, 0.2) is 0 Å². The summed E-state index contributed by atoms with van der Waals surface area (Å²) in [4.78, 5) is 29.9. The molecule has 5 N–H and O–H groups in total. The number of aliphatic hydroxyl groups excluding tert-OH is 1. The second-order valence-corrected chi connectivity index (χ2v) is 14.2. The van der Waals surface area contributed by atoms with E-state index in [2.05, 4.69) is 5.32 Å². The van der Waals surface area contributed by atoms with Crippen molar-refractivity contribution in [3.8, 4) is 0 Å². The van der Waals surface area contributed by atoms with Crippen LogP contribution >= 0.6 is 11.6 Å². The third-order valence-electron chi connectivity index (χ3n) is 10.3. The van der Waals surface area contributed by atoms with E-state index in [1.807, 2.05) is 25.7 Å². The minimum absolute atomic E-state index is 0.0424. The number of amides is 2. The van der Waals surface area contributed by atoms with Gasteiger partial charge in [0.05, 0.1) is 29.0 Å². The van der Waals surface area contributed by atoms with Crippen LogP contribution in [0.1, 0.15) is 72.1 Å². The summed E-state index contributed by atoms with van der Waals surface area (Å²) in [6.07, 6.45) is 6.55. The van der Waals surface area contributed by atoms with Gasteiger partial charge in [-0.1, -0.05) is 24.6 Å². The maximum Gasteiger partial charge on any atom is 0.241 e. The van der Waals surface area contributed by atoms with E-state index >= 15 is 0 Å². The lowest BCUT2D eigenvalue weighted by Gasteiger charge is -2.58. The molecule has 224 valence electrons. The summed E-state index contributed by atoms with van der Waals surface area (Å²) in [5, 5.41) is 25.6. The molecule has 0 aromatic heterocycles. The minimum atomic E-state index is -1.17. The first-order valence-corrected chi connectivity index (χ1v) is 15.4. The van der Waals surface area contributed by atoms with Crippen molar-refractivity contribution >= 4 is 23.4 Å². The smallest absolute Gasteiger partial charge is 0.241 e. The molecule has 0 aromatic rings. The highest BCUT2D eigenvalue weighted by atomic mass is 35.5. The van der Waals surface area contributed by atoms with Crippen LogP contribution in [0.15, 0.2) is 22.9 Å². The zero-order valence-electron chi connectivity index (χ0n) is 24.0. The fourth-order valence-corrected chi connectivity index (χ4v) is 8.48. The molecular weight excluding hydrogens is 535 g/mol. The molecule has 1 heterocycles. The van der Waals surface area contributed by atoms with Crippen LogP contribution in [0, 0.1) is 23.7 Å². The molecule has 4 saturated carbocycles. The number of rotatable bonds is 9. The standard InChI is InChI=1S/C30H46ClFN4O4/c1-4-18(28(39)34-27-19-7-17-8-20(27)13-30(40,11-17)12-19)9-25(37)23(33)14-35-15-26(38)36(16-29(35,2)3)24-10-21(32)5-6-22(24)31/h6,10,17-21,23,25,27,37,40H,4-5,7-9,11-16,33H2,1-3H3,(H,34,39)/t17?,18-,19?,20?,21?,23+,25+,27?,30?/m1/s1.